The molecule has 0 bridgehead atoms. The highest BCUT2D eigenvalue weighted by Crippen LogP contribution is 2.44. The maximum atomic E-state index is 13.0. The number of furan rings is 1. The van der Waals surface area contributed by atoms with Crippen LogP contribution >= 0.6 is 0 Å². The largest absolute Gasteiger partial charge is 0.586 e. The monoisotopic (exact) mass is 339 g/mol. The maximum absolute atomic E-state index is 13.0. The topological polar surface area (TPSA) is 98.8 Å². The van der Waals surface area contributed by atoms with Gasteiger partial charge in [-0.15, -0.1) is 8.78 Å². The van der Waals surface area contributed by atoms with Crippen molar-refractivity contribution in [1.82, 2.24) is 5.32 Å². The van der Waals surface area contributed by atoms with Crippen molar-refractivity contribution in [3.63, 3.8) is 0 Å². The lowest BCUT2D eigenvalue weighted by molar-refractivity contribution is -0.286. The Balaban J connectivity index is 1.64. The molecule has 3 rings (SSSR count). The fraction of sp³-hybridized carbons (Fsp3) is 0.267. The molecule has 0 aliphatic carbocycles. The SMILES string of the molecule is Cc1cc(C(=O)NCNc2cc3c(cc2N)OC(F)(F)O3)c(C)o1. The summed E-state index contributed by atoms with van der Waals surface area (Å²) in [5.74, 6) is 0.532. The van der Waals surface area contributed by atoms with Crippen LogP contribution in [0.25, 0.3) is 0 Å². The summed E-state index contributed by atoms with van der Waals surface area (Å²) in [5.41, 5.74) is 6.70. The Morgan fingerprint density at radius 2 is 1.88 bits per heavy atom. The Hall–Kier alpha value is -2.97. The third-order valence-electron chi connectivity index (χ3n) is 3.39. The number of alkyl halides is 2. The molecule has 1 aliphatic heterocycles. The number of anilines is 2. The Kier molecular flexibility index (Phi) is 3.70. The number of rotatable bonds is 4. The first-order valence-corrected chi connectivity index (χ1v) is 7.03. The molecule has 2 heterocycles. The lowest BCUT2D eigenvalue weighted by atomic mass is 10.2. The van der Waals surface area contributed by atoms with E-state index < -0.39 is 6.29 Å². The number of carbonyl (C=O) groups excluding carboxylic acids is 1. The molecule has 1 amide bonds. The van der Waals surface area contributed by atoms with Gasteiger partial charge in [-0.3, -0.25) is 4.79 Å². The molecule has 0 unspecified atom stereocenters. The number of benzene rings is 1. The maximum Gasteiger partial charge on any atom is 0.586 e. The molecule has 2 aromatic rings. The van der Waals surface area contributed by atoms with Gasteiger partial charge in [-0.25, -0.2) is 0 Å². The van der Waals surface area contributed by atoms with Crippen molar-refractivity contribution in [3.8, 4) is 11.5 Å². The third-order valence-corrected chi connectivity index (χ3v) is 3.39. The van der Waals surface area contributed by atoms with E-state index in [2.05, 4.69) is 20.1 Å². The molecule has 128 valence electrons. The van der Waals surface area contributed by atoms with Crippen LogP contribution in [0.1, 0.15) is 21.9 Å². The minimum Gasteiger partial charge on any atom is -0.466 e. The van der Waals surface area contributed by atoms with Crippen molar-refractivity contribution in [2.45, 2.75) is 20.1 Å². The molecule has 4 N–H and O–H groups in total. The normalized spacial score (nSPS) is 14.5. The first-order chi connectivity index (χ1) is 11.2. The van der Waals surface area contributed by atoms with E-state index in [1.807, 2.05) is 0 Å². The molecule has 0 saturated heterocycles. The first-order valence-electron chi connectivity index (χ1n) is 7.03. The zero-order valence-corrected chi connectivity index (χ0v) is 12.9. The highest BCUT2D eigenvalue weighted by molar-refractivity contribution is 5.95. The summed E-state index contributed by atoms with van der Waals surface area (Å²) >= 11 is 0. The van der Waals surface area contributed by atoms with Crippen molar-refractivity contribution >= 4 is 17.3 Å². The van der Waals surface area contributed by atoms with Crippen LogP contribution in [0.2, 0.25) is 0 Å². The Bertz CT molecular complexity index is 804. The van der Waals surface area contributed by atoms with Gasteiger partial charge in [0.05, 0.1) is 23.6 Å². The van der Waals surface area contributed by atoms with Crippen LogP contribution in [0, 0.1) is 13.8 Å². The molecule has 9 heteroatoms. The third kappa shape index (κ3) is 3.05. The highest BCUT2D eigenvalue weighted by Gasteiger charge is 2.43. The van der Waals surface area contributed by atoms with Crippen LogP contribution in [0.3, 0.4) is 0 Å². The number of amides is 1. The summed E-state index contributed by atoms with van der Waals surface area (Å²) in [6.07, 6.45) is -3.71. The summed E-state index contributed by atoms with van der Waals surface area (Å²) in [7, 11) is 0. The van der Waals surface area contributed by atoms with E-state index in [9.17, 15) is 13.6 Å². The quantitative estimate of drug-likeness (QED) is 0.585. The number of ether oxygens (including phenoxy) is 2. The Labute approximate surface area is 135 Å². The summed E-state index contributed by atoms with van der Waals surface area (Å²) in [5, 5.41) is 5.46. The van der Waals surface area contributed by atoms with Gasteiger partial charge >= 0.3 is 6.29 Å². The number of fused-ring (bicyclic) bond motifs is 1. The predicted octanol–water partition coefficient (Wildman–Crippen LogP) is 2.60. The van der Waals surface area contributed by atoms with E-state index >= 15 is 0 Å². The van der Waals surface area contributed by atoms with Crippen molar-refractivity contribution in [2.24, 2.45) is 0 Å². The molecule has 7 nitrogen and oxygen atoms in total. The van der Waals surface area contributed by atoms with Gasteiger partial charge in [-0.05, 0) is 19.9 Å². The summed E-state index contributed by atoms with van der Waals surface area (Å²) in [6.45, 7) is 3.46. The lowest BCUT2D eigenvalue weighted by Crippen LogP contribution is -2.29. The molecule has 1 aliphatic rings. The number of nitrogens with one attached hydrogen (secondary N) is 2. The fourth-order valence-electron chi connectivity index (χ4n) is 2.34. The molecule has 24 heavy (non-hydrogen) atoms. The van der Waals surface area contributed by atoms with Crippen LogP contribution < -0.4 is 25.8 Å². The van der Waals surface area contributed by atoms with Crippen molar-refractivity contribution in [3.05, 3.63) is 35.3 Å². The van der Waals surface area contributed by atoms with Crippen LogP contribution in [-0.2, 0) is 0 Å². The minimum absolute atomic E-state index is 0.0305. The zero-order valence-electron chi connectivity index (χ0n) is 12.9. The van der Waals surface area contributed by atoms with E-state index in [0.717, 1.165) is 0 Å². The van der Waals surface area contributed by atoms with Gasteiger partial charge < -0.3 is 30.3 Å². The molecule has 0 atom stereocenters. The van der Waals surface area contributed by atoms with Gasteiger partial charge in [0.2, 0.25) is 0 Å². The van der Waals surface area contributed by atoms with E-state index in [1.54, 1.807) is 19.9 Å². The van der Waals surface area contributed by atoms with Crippen molar-refractivity contribution < 1.29 is 27.5 Å². The fourth-order valence-corrected chi connectivity index (χ4v) is 2.34. The van der Waals surface area contributed by atoms with Crippen LogP contribution in [0.15, 0.2) is 22.6 Å². The molecule has 0 radical (unpaired) electrons. The van der Waals surface area contributed by atoms with Crippen LogP contribution in [0.4, 0.5) is 20.2 Å². The second kappa shape index (κ2) is 5.59. The number of aryl methyl sites for hydroxylation is 2. The minimum atomic E-state index is -3.71. The molecular formula is C15H15F2N3O4. The standard InChI is InChI=1S/C15H15F2N3O4/c1-7-3-9(8(2)22-7)14(21)20-6-19-11-5-13-12(4-10(11)18)23-15(16,17)24-13/h3-5,19H,6,18H2,1-2H3,(H,20,21). The Morgan fingerprint density at radius 1 is 1.21 bits per heavy atom. The van der Waals surface area contributed by atoms with E-state index in [4.69, 9.17) is 10.2 Å². The van der Waals surface area contributed by atoms with Gasteiger partial charge in [0.15, 0.2) is 11.5 Å². The second-order valence-corrected chi connectivity index (χ2v) is 5.24. The molecule has 0 saturated carbocycles. The van der Waals surface area contributed by atoms with Crippen LogP contribution in [0.5, 0.6) is 11.5 Å². The zero-order chi connectivity index (χ0) is 17.5. The second-order valence-electron chi connectivity index (χ2n) is 5.24. The molecular weight excluding hydrogens is 324 g/mol. The van der Waals surface area contributed by atoms with Gasteiger partial charge in [0.25, 0.3) is 5.91 Å². The van der Waals surface area contributed by atoms with E-state index in [-0.39, 0.29) is 29.8 Å². The van der Waals surface area contributed by atoms with Gasteiger partial charge in [-0.1, -0.05) is 0 Å². The summed E-state index contributed by atoms with van der Waals surface area (Å²) < 4.78 is 40.0. The average Bonchev–Trinajstić information content (AvgIpc) is 2.95. The average molecular weight is 339 g/mol. The first kappa shape index (κ1) is 15.9. The molecule has 0 fully saturated rings. The van der Waals surface area contributed by atoms with E-state index in [1.165, 1.54) is 12.1 Å². The highest BCUT2D eigenvalue weighted by atomic mass is 19.3. The molecule has 1 aromatic carbocycles. The number of carbonyl (C=O) groups is 1. The number of nitrogen functional groups attached to an aromatic ring is 1. The van der Waals surface area contributed by atoms with Crippen molar-refractivity contribution in [1.29, 1.82) is 0 Å². The van der Waals surface area contributed by atoms with E-state index in [0.29, 0.717) is 22.8 Å². The smallest absolute Gasteiger partial charge is 0.466 e. The predicted molar refractivity (Wildman–Crippen MR) is 81.2 cm³/mol. The van der Waals surface area contributed by atoms with Crippen LogP contribution in [-0.4, -0.2) is 18.9 Å². The number of hydrogen-bond donors (Lipinski definition) is 3. The summed E-state index contributed by atoms with van der Waals surface area (Å²) in [6, 6.07) is 4.14. The Morgan fingerprint density at radius 3 is 2.50 bits per heavy atom. The van der Waals surface area contributed by atoms with Gasteiger partial charge in [0, 0.05) is 12.1 Å². The lowest BCUT2D eigenvalue weighted by Gasteiger charge is -2.11. The molecule has 0 spiro atoms. The molecule has 1 aromatic heterocycles. The number of halogens is 2. The van der Waals surface area contributed by atoms with Gasteiger partial charge in [0.1, 0.15) is 11.5 Å². The van der Waals surface area contributed by atoms with Crippen molar-refractivity contribution in [2.75, 3.05) is 17.7 Å². The van der Waals surface area contributed by atoms with Gasteiger partial charge in [-0.2, -0.15) is 0 Å². The number of hydrogen-bond acceptors (Lipinski definition) is 6. The summed E-state index contributed by atoms with van der Waals surface area (Å²) in [4.78, 5) is 12.0. The number of nitrogens with two attached hydrogens (primary N) is 1.